The van der Waals surface area contributed by atoms with Crippen LogP contribution in [0, 0.1) is 0 Å². The lowest BCUT2D eigenvalue weighted by Crippen LogP contribution is -2.38. The van der Waals surface area contributed by atoms with Crippen LogP contribution in [0.2, 0.25) is 0 Å². The number of amides is 1. The maximum atomic E-state index is 12.5. The molecule has 1 saturated heterocycles. The number of hydrogen-bond donors (Lipinski definition) is 0. The van der Waals surface area contributed by atoms with Crippen LogP contribution in [0.15, 0.2) is 42.3 Å². The first-order valence-electron chi connectivity index (χ1n) is 8.44. The number of nitrogens with zero attached hydrogens (tertiary/aromatic N) is 5. The van der Waals surface area contributed by atoms with Crippen LogP contribution in [0.3, 0.4) is 0 Å². The Balaban J connectivity index is 1.70. The van der Waals surface area contributed by atoms with Crippen LogP contribution < -0.4 is 0 Å². The molecule has 3 rings (SSSR count). The third kappa shape index (κ3) is 4.56. The molecule has 0 aliphatic carbocycles. The SMILES string of the molecule is C=CCn1c(SCC(=O)N(C)[C@@H]2CCS(=O)(=O)C2)nnc1-c1ccncc1. The van der Waals surface area contributed by atoms with Crippen LogP contribution in [0.5, 0.6) is 0 Å². The van der Waals surface area contributed by atoms with Gasteiger partial charge in [-0.15, -0.1) is 16.8 Å². The topological polar surface area (TPSA) is 98.1 Å². The molecule has 3 heterocycles. The van der Waals surface area contributed by atoms with E-state index in [-0.39, 0.29) is 29.2 Å². The summed E-state index contributed by atoms with van der Waals surface area (Å²) in [4.78, 5) is 18.0. The summed E-state index contributed by atoms with van der Waals surface area (Å²) in [6.07, 6.45) is 5.61. The van der Waals surface area contributed by atoms with Gasteiger partial charge in [-0.05, 0) is 18.6 Å². The summed E-state index contributed by atoms with van der Waals surface area (Å²) >= 11 is 1.28. The molecule has 0 unspecified atom stereocenters. The lowest BCUT2D eigenvalue weighted by atomic mass is 10.2. The Morgan fingerprint density at radius 3 is 2.78 bits per heavy atom. The summed E-state index contributed by atoms with van der Waals surface area (Å²) < 4.78 is 25.1. The van der Waals surface area contributed by atoms with Crippen LogP contribution in [0.1, 0.15) is 6.42 Å². The molecule has 8 nitrogen and oxygen atoms in total. The number of hydrogen-bond acceptors (Lipinski definition) is 7. The van der Waals surface area contributed by atoms with E-state index in [1.807, 2.05) is 16.7 Å². The molecular weight excluding hydrogens is 386 g/mol. The summed E-state index contributed by atoms with van der Waals surface area (Å²) in [5.74, 6) is 0.909. The Morgan fingerprint density at radius 1 is 1.41 bits per heavy atom. The zero-order valence-corrected chi connectivity index (χ0v) is 16.6. The minimum atomic E-state index is -3.03. The number of aromatic nitrogens is 4. The predicted octanol–water partition coefficient (Wildman–Crippen LogP) is 1.26. The van der Waals surface area contributed by atoms with Crippen LogP contribution in [-0.4, -0.2) is 69.3 Å². The Labute approximate surface area is 162 Å². The van der Waals surface area contributed by atoms with E-state index in [9.17, 15) is 13.2 Å². The van der Waals surface area contributed by atoms with Crippen molar-refractivity contribution in [1.29, 1.82) is 0 Å². The largest absolute Gasteiger partial charge is 0.341 e. The van der Waals surface area contributed by atoms with Crippen LogP contribution in [-0.2, 0) is 21.2 Å². The molecule has 1 aliphatic heterocycles. The van der Waals surface area contributed by atoms with Gasteiger partial charge in [0.1, 0.15) is 0 Å². The number of allylic oxidation sites excluding steroid dienone is 1. The van der Waals surface area contributed by atoms with Gasteiger partial charge in [-0.3, -0.25) is 14.3 Å². The molecule has 10 heteroatoms. The lowest BCUT2D eigenvalue weighted by molar-refractivity contribution is -0.128. The third-order valence-electron chi connectivity index (χ3n) is 4.44. The van der Waals surface area contributed by atoms with E-state index in [2.05, 4.69) is 21.8 Å². The maximum Gasteiger partial charge on any atom is 0.233 e. The minimum Gasteiger partial charge on any atom is -0.341 e. The van der Waals surface area contributed by atoms with E-state index in [0.29, 0.717) is 23.9 Å². The fourth-order valence-corrected chi connectivity index (χ4v) is 5.56. The normalized spacial score (nSPS) is 18.3. The number of carbonyl (C=O) groups is 1. The number of sulfone groups is 1. The molecule has 2 aromatic heterocycles. The third-order valence-corrected chi connectivity index (χ3v) is 7.14. The average molecular weight is 408 g/mol. The van der Waals surface area contributed by atoms with E-state index in [0.717, 1.165) is 5.56 Å². The highest BCUT2D eigenvalue weighted by atomic mass is 32.2. The zero-order valence-electron chi connectivity index (χ0n) is 15.0. The Kier molecular flexibility index (Phi) is 5.95. The Morgan fingerprint density at radius 2 is 2.15 bits per heavy atom. The number of rotatable bonds is 7. The fourth-order valence-electron chi connectivity index (χ4n) is 2.92. The molecule has 0 saturated carbocycles. The van der Waals surface area contributed by atoms with Crippen molar-refractivity contribution in [3.63, 3.8) is 0 Å². The quantitative estimate of drug-likeness (QED) is 0.503. The first kappa shape index (κ1) is 19.6. The first-order valence-corrected chi connectivity index (χ1v) is 11.3. The number of carbonyl (C=O) groups excluding carboxylic acids is 1. The van der Waals surface area contributed by atoms with Crippen molar-refractivity contribution in [2.24, 2.45) is 0 Å². The average Bonchev–Trinajstić information content (AvgIpc) is 3.23. The van der Waals surface area contributed by atoms with Gasteiger partial charge in [0.15, 0.2) is 20.8 Å². The van der Waals surface area contributed by atoms with Crippen LogP contribution in [0.25, 0.3) is 11.4 Å². The minimum absolute atomic E-state index is 0.0404. The van der Waals surface area contributed by atoms with Gasteiger partial charge in [-0.1, -0.05) is 17.8 Å². The molecule has 1 fully saturated rings. The van der Waals surface area contributed by atoms with Crippen molar-refractivity contribution in [2.75, 3.05) is 24.3 Å². The van der Waals surface area contributed by atoms with E-state index >= 15 is 0 Å². The second-order valence-corrected chi connectivity index (χ2v) is 9.46. The second-order valence-electron chi connectivity index (χ2n) is 6.29. The molecule has 2 aromatic rings. The molecule has 1 amide bonds. The monoisotopic (exact) mass is 407 g/mol. The van der Waals surface area contributed by atoms with Gasteiger partial charge < -0.3 is 4.90 Å². The predicted molar refractivity (Wildman–Crippen MR) is 104 cm³/mol. The molecule has 1 atom stereocenters. The smallest absolute Gasteiger partial charge is 0.233 e. The molecule has 0 aromatic carbocycles. The van der Waals surface area contributed by atoms with Crippen molar-refractivity contribution in [1.82, 2.24) is 24.6 Å². The number of thioether (sulfide) groups is 1. The van der Waals surface area contributed by atoms with Gasteiger partial charge in [0.25, 0.3) is 0 Å². The molecule has 27 heavy (non-hydrogen) atoms. The van der Waals surface area contributed by atoms with Crippen molar-refractivity contribution in [2.45, 2.75) is 24.2 Å². The van der Waals surface area contributed by atoms with E-state index in [1.54, 1.807) is 25.5 Å². The van der Waals surface area contributed by atoms with E-state index < -0.39 is 9.84 Å². The number of pyridine rings is 1. The van der Waals surface area contributed by atoms with Gasteiger partial charge in [-0.25, -0.2) is 8.42 Å². The van der Waals surface area contributed by atoms with Crippen molar-refractivity contribution >= 4 is 27.5 Å². The maximum absolute atomic E-state index is 12.5. The summed E-state index contributed by atoms with van der Waals surface area (Å²) in [6, 6.07) is 3.44. The lowest BCUT2D eigenvalue weighted by Gasteiger charge is -2.23. The fraction of sp³-hybridized carbons (Fsp3) is 0.412. The van der Waals surface area contributed by atoms with Gasteiger partial charge in [0.05, 0.1) is 17.3 Å². The molecule has 0 radical (unpaired) electrons. The van der Waals surface area contributed by atoms with Gasteiger partial charge in [0.2, 0.25) is 5.91 Å². The highest BCUT2D eigenvalue weighted by Crippen LogP contribution is 2.24. The zero-order chi connectivity index (χ0) is 19.4. The van der Waals surface area contributed by atoms with Crippen molar-refractivity contribution in [3.05, 3.63) is 37.2 Å². The van der Waals surface area contributed by atoms with Crippen LogP contribution in [0.4, 0.5) is 0 Å². The molecular formula is C17H21N5O3S2. The van der Waals surface area contributed by atoms with E-state index in [1.165, 1.54) is 16.7 Å². The summed E-state index contributed by atoms with van der Waals surface area (Å²) in [7, 11) is -1.37. The first-order chi connectivity index (χ1) is 12.9. The second kappa shape index (κ2) is 8.22. The van der Waals surface area contributed by atoms with Crippen LogP contribution >= 0.6 is 11.8 Å². The summed E-state index contributed by atoms with van der Waals surface area (Å²) in [6.45, 7) is 4.28. The van der Waals surface area contributed by atoms with Crippen molar-refractivity contribution in [3.8, 4) is 11.4 Å². The highest BCUT2D eigenvalue weighted by Gasteiger charge is 2.32. The molecule has 0 N–H and O–H groups in total. The summed E-state index contributed by atoms with van der Waals surface area (Å²) in [5, 5.41) is 9.05. The molecule has 0 bridgehead atoms. The standard InChI is InChI=1S/C17H21N5O3S2/c1-3-9-22-16(13-4-7-18-8-5-13)19-20-17(22)26-11-15(23)21(2)14-6-10-27(24,25)12-14/h3-5,7-8,14H,1,6,9-12H2,2H3/t14-/m1/s1. The van der Waals surface area contributed by atoms with Crippen molar-refractivity contribution < 1.29 is 13.2 Å². The molecule has 144 valence electrons. The molecule has 1 aliphatic rings. The Bertz CT molecular complexity index is 927. The Hall–Kier alpha value is -2.20. The van der Waals surface area contributed by atoms with E-state index in [4.69, 9.17) is 0 Å². The van der Waals surface area contributed by atoms with Gasteiger partial charge in [0, 0.05) is 37.6 Å². The molecule has 0 spiro atoms. The summed E-state index contributed by atoms with van der Waals surface area (Å²) in [5.41, 5.74) is 0.880. The van der Waals surface area contributed by atoms with Gasteiger partial charge >= 0.3 is 0 Å². The van der Waals surface area contributed by atoms with Gasteiger partial charge in [-0.2, -0.15) is 0 Å². The highest BCUT2D eigenvalue weighted by molar-refractivity contribution is 7.99.